The van der Waals surface area contributed by atoms with Gasteiger partial charge in [0.1, 0.15) is 5.84 Å². The molecule has 0 amide bonds. The van der Waals surface area contributed by atoms with E-state index in [0.717, 1.165) is 31.8 Å². The molecule has 0 aromatic rings. The van der Waals surface area contributed by atoms with Crippen LogP contribution in [0.2, 0.25) is 0 Å². The van der Waals surface area contributed by atoms with E-state index in [1.807, 2.05) is 13.8 Å². The first-order valence-corrected chi connectivity index (χ1v) is 8.00. The van der Waals surface area contributed by atoms with E-state index in [2.05, 4.69) is 15.4 Å². The van der Waals surface area contributed by atoms with Crippen LogP contribution in [0.1, 0.15) is 52.4 Å². The highest BCUT2D eigenvalue weighted by atomic mass is 16.4. The molecule has 2 rings (SSSR count). The zero-order valence-electron chi connectivity index (χ0n) is 12.9. The van der Waals surface area contributed by atoms with Gasteiger partial charge in [0.25, 0.3) is 0 Å². The summed E-state index contributed by atoms with van der Waals surface area (Å²) < 4.78 is 0. The van der Waals surface area contributed by atoms with Gasteiger partial charge in [0.15, 0.2) is 0 Å². The lowest BCUT2D eigenvalue weighted by Gasteiger charge is -2.23. The number of unbranched alkanes of at least 4 members (excludes halogenated alkanes) is 1. The van der Waals surface area contributed by atoms with E-state index in [0.29, 0.717) is 11.9 Å². The van der Waals surface area contributed by atoms with Crippen LogP contribution in [-0.4, -0.2) is 47.7 Å². The van der Waals surface area contributed by atoms with Crippen molar-refractivity contribution in [3.8, 4) is 0 Å². The van der Waals surface area contributed by atoms with Gasteiger partial charge in [-0.05, 0) is 45.2 Å². The van der Waals surface area contributed by atoms with Crippen LogP contribution in [0.3, 0.4) is 0 Å². The molecule has 0 spiro atoms. The summed E-state index contributed by atoms with van der Waals surface area (Å²) in [6.07, 6.45) is 7.28. The number of rotatable bonds is 7. The molecule has 2 unspecified atom stereocenters. The molecule has 0 saturated carbocycles. The Hall–Kier alpha value is -0.810. The molecule has 2 aliphatic rings. The highest BCUT2D eigenvalue weighted by Gasteiger charge is 2.36. The van der Waals surface area contributed by atoms with Crippen molar-refractivity contribution < 1.29 is 5.21 Å². The second-order valence-electron chi connectivity index (χ2n) is 6.92. The number of hydrogen-bond acceptors (Lipinski definition) is 4. The van der Waals surface area contributed by atoms with Gasteiger partial charge in [-0.1, -0.05) is 25.4 Å². The Balaban J connectivity index is 1.60. The average Bonchev–Trinajstić information content (AvgIpc) is 3.01. The second kappa shape index (κ2) is 6.76. The lowest BCUT2D eigenvalue weighted by atomic mass is 9.86. The summed E-state index contributed by atoms with van der Waals surface area (Å²) >= 11 is 0. The molecular formula is C15H30N4O. The summed E-state index contributed by atoms with van der Waals surface area (Å²) in [6.45, 7) is 7.72. The molecule has 116 valence electrons. The molecule has 2 heterocycles. The fraction of sp³-hybridized carbons (Fsp3) is 0.933. The van der Waals surface area contributed by atoms with Gasteiger partial charge in [-0.2, -0.15) is 0 Å². The maximum absolute atomic E-state index is 8.75. The maximum atomic E-state index is 8.75. The highest BCUT2D eigenvalue weighted by molar-refractivity contribution is 5.85. The van der Waals surface area contributed by atoms with E-state index in [9.17, 15) is 0 Å². The van der Waals surface area contributed by atoms with Crippen LogP contribution >= 0.6 is 0 Å². The zero-order valence-corrected chi connectivity index (χ0v) is 12.9. The summed E-state index contributed by atoms with van der Waals surface area (Å²) in [4.78, 5) is 2.64. The zero-order chi connectivity index (χ0) is 14.6. The van der Waals surface area contributed by atoms with Gasteiger partial charge >= 0.3 is 0 Å². The molecule has 5 heteroatoms. The van der Waals surface area contributed by atoms with Gasteiger partial charge in [-0.3, -0.25) is 4.90 Å². The Bertz CT molecular complexity index is 343. The molecule has 2 saturated heterocycles. The third kappa shape index (κ3) is 3.64. The van der Waals surface area contributed by atoms with Gasteiger partial charge in [0.05, 0.1) is 0 Å². The summed E-state index contributed by atoms with van der Waals surface area (Å²) in [7, 11) is 0. The lowest BCUT2D eigenvalue weighted by molar-refractivity contribution is 0.296. The van der Waals surface area contributed by atoms with E-state index in [1.165, 1.54) is 32.4 Å². The van der Waals surface area contributed by atoms with Crippen LogP contribution in [-0.2, 0) is 0 Å². The molecule has 0 aromatic heterocycles. The van der Waals surface area contributed by atoms with Gasteiger partial charge in [0.2, 0.25) is 0 Å². The van der Waals surface area contributed by atoms with E-state index < -0.39 is 0 Å². The third-order valence-electron chi connectivity index (χ3n) is 5.04. The molecule has 20 heavy (non-hydrogen) atoms. The monoisotopic (exact) mass is 282 g/mol. The maximum Gasteiger partial charge on any atom is 0.144 e. The number of nitrogens with one attached hydrogen (secondary N) is 1. The number of hydrogen-bond donors (Lipinski definition) is 3. The van der Waals surface area contributed by atoms with Crippen LogP contribution in [0.4, 0.5) is 0 Å². The number of oxime groups is 1. The minimum absolute atomic E-state index is 0.204. The van der Waals surface area contributed by atoms with Crippen LogP contribution in [0.15, 0.2) is 5.16 Å². The Morgan fingerprint density at radius 3 is 2.90 bits per heavy atom. The van der Waals surface area contributed by atoms with Crippen molar-refractivity contribution in [1.82, 2.24) is 10.2 Å². The van der Waals surface area contributed by atoms with Crippen LogP contribution in [0.5, 0.6) is 0 Å². The van der Waals surface area contributed by atoms with E-state index in [-0.39, 0.29) is 5.41 Å². The highest BCUT2D eigenvalue weighted by Crippen LogP contribution is 2.28. The minimum atomic E-state index is -0.204. The van der Waals surface area contributed by atoms with Gasteiger partial charge in [-0.15, -0.1) is 0 Å². The summed E-state index contributed by atoms with van der Waals surface area (Å²) in [5.74, 6) is 0.336. The van der Waals surface area contributed by atoms with Crippen molar-refractivity contribution in [2.24, 2.45) is 16.3 Å². The first-order valence-electron chi connectivity index (χ1n) is 8.00. The summed E-state index contributed by atoms with van der Waals surface area (Å²) in [5, 5.41) is 15.6. The Labute approximate surface area is 122 Å². The fourth-order valence-electron chi connectivity index (χ4n) is 3.56. The predicted molar refractivity (Wildman–Crippen MR) is 82.0 cm³/mol. The third-order valence-corrected chi connectivity index (χ3v) is 5.04. The molecule has 2 aliphatic heterocycles. The number of fused-ring (bicyclic) bond motifs is 1. The fourth-order valence-corrected chi connectivity index (χ4v) is 3.56. The van der Waals surface area contributed by atoms with Crippen LogP contribution in [0, 0.1) is 5.41 Å². The first kappa shape index (κ1) is 15.6. The van der Waals surface area contributed by atoms with Crippen molar-refractivity contribution in [3.05, 3.63) is 0 Å². The van der Waals surface area contributed by atoms with E-state index in [1.54, 1.807) is 0 Å². The SMILES string of the molecule is CC(C)(CCCCNC1CCN2CCCC12)C(N)=NO. The summed E-state index contributed by atoms with van der Waals surface area (Å²) in [6, 6.07) is 1.50. The normalized spacial score (nSPS) is 28.0. The molecule has 2 atom stereocenters. The molecule has 2 fully saturated rings. The number of amidine groups is 1. The van der Waals surface area contributed by atoms with Crippen molar-refractivity contribution in [2.75, 3.05) is 19.6 Å². The number of nitrogens with two attached hydrogens (primary N) is 1. The summed E-state index contributed by atoms with van der Waals surface area (Å²) in [5.41, 5.74) is 5.50. The van der Waals surface area contributed by atoms with Crippen molar-refractivity contribution >= 4 is 5.84 Å². The Kier molecular flexibility index (Phi) is 5.27. The van der Waals surface area contributed by atoms with Crippen molar-refractivity contribution in [2.45, 2.75) is 64.5 Å². The molecule has 0 bridgehead atoms. The van der Waals surface area contributed by atoms with E-state index >= 15 is 0 Å². The average molecular weight is 282 g/mol. The molecule has 5 nitrogen and oxygen atoms in total. The predicted octanol–water partition coefficient (Wildman–Crippen LogP) is 1.76. The van der Waals surface area contributed by atoms with Gasteiger partial charge < -0.3 is 16.3 Å². The number of nitrogens with zero attached hydrogens (tertiary/aromatic N) is 2. The van der Waals surface area contributed by atoms with Crippen LogP contribution in [0.25, 0.3) is 0 Å². The van der Waals surface area contributed by atoms with E-state index in [4.69, 9.17) is 10.9 Å². The van der Waals surface area contributed by atoms with Crippen LogP contribution < -0.4 is 11.1 Å². The standard InChI is InChI=1S/C15H30N4O/c1-15(2,14(16)18-20)8-3-4-9-17-12-7-11-19-10-5-6-13(12)19/h12-13,17,20H,3-11H2,1-2H3,(H2,16,18). The molecule has 0 aromatic carbocycles. The van der Waals surface area contributed by atoms with Gasteiger partial charge in [-0.25, -0.2) is 0 Å². The Morgan fingerprint density at radius 1 is 1.35 bits per heavy atom. The molecule has 4 N–H and O–H groups in total. The Morgan fingerprint density at radius 2 is 2.15 bits per heavy atom. The molecule has 0 aliphatic carbocycles. The van der Waals surface area contributed by atoms with Crippen molar-refractivity contribution in [1.29, 1.82) is 0 Å². The topological polar surface area (TPSA) is 73.9 Å². The first-order chi connectivity index (χ1) is 9.54. The quantitative estimate of drug-likeness (QED) is 0.219. The minimum Gasteiger partial charge on any atom is -0.409 e. The van der Waals surface area contributed by atoms with Crippen molar-refractivity contribution in [3.63, 3.8) is 0 Å². The molecule has 0 radical (unpaired) electrons. The smallest absolute Gasteiger partial charge is 0.144 e. The lowest BCUT2D eigenvalue weighted by Crippen LogP contribution is -2.39. The second-order valence-corrected chi connectivity index (χ2v) is 6.92. The van der Waals surface area contributed by atoms with Gasteiger partial charge in [0, 0.05) is 24.0 Å². The molecular weight excluding hydrogens is 252 g/mol. The largest absolute Gasteiger partial charge is 0.409 e.